The van der Waals surface area contributed by atoms with E-state index in [1.54, 1.807) is 7.11 Å². The van der Waals surface area contributed by atoms with Crippen LogP contribution in [-0.2, 0) is 16.0 Å². The number of hydrogen-bond donors (Lipinski definition) is 1. The van der Waals surface area contributed by atoms with Gasteiger partial charge in [-0.15, -0.1) is 0 Å². The zero-order valence-corrected chi connectivity index (χ0v) is 17.6. The summed E-state index contributed by atoms with van der Waals surface area (Å²) in [4.78, 5) is 28.0. The number of benzene rings is 1. The number of nitrogens with zero attached hydrogens (tertiary/aromatic N) is 1. The van der Waals surface area contributed by atoms with Crippen molar-refractivity contribution in [2.24, 2.45) is 11.3 Å². The molecule has 0 bridgehead atoms. The van der Waals surface area contributed by atoms with Gasteiger partial charge in [0, 0.05) is 25.6 Å². The minimum atomic E-state index is -0.514. The van der Waals surface area contributed by atoms with Gasteiger partial charge in [-0.2, -0.15) is 0 Å². The highest BCUT2D eigenvalue weighted by atomic mass is 16.5. The molecule has 1 aromatic carbocycles. The predicted octanol–water partition coefficient (Wildman–Crippen LogP) is 3.71. The summed E-state index contributed by atoms with van der Waals surface area (Å²) in [5, 5.41) is 3.29. The zero-order valence-electron chi connectivity index (χ0n) is 17.6. The molecule has 0 atom stereocenters. The molecule has 2 amide bonds. The van der Waals surface area contributed by atoms with E-state index in [2.05, 4.69) is 11.4 Å². The molecular formula is C24H34N2O3. The third-order valence-electron chi connectivity index (χ3n) is 7.13. The highest BCUT2D eigenvalue weighted by molar-refractivity contribution is 5.88. The van der Waals surface area contributed by atoms with E-state index in [9.17, 15) is 9.59 Å². The van der Waals surface area contributed by atoms with Crippen LogP contribution in [0.1, 0.15) is 63.4 Å². The molecule has 1 saturated heterocycles. The van der Waals surface area contributed by atoms with Gasteiger partial charge in [-0.25, -0.2) is 0 Å². The van der Waals surface area contributed by atoms with Gasteiger partial charge in [0.1, 0.15) is 5.75 Å². The molecule has 3 fully saturated rings. The second kappa shape index (κ2) is 8.76. The van der Waals surface area contributed by atoms with Crippen molar-refractivity contribution in [3.05, 3.63) is 29.8 Å². The third-order valence-corrected chi connectivity index (χ3v) is 7.13. The summed E-state index contributed by atoms with van der Waals surface area (Å²) < 4.78 is 5.36. The van der Waals surface area contributed by atoms with Crippen molar-refractivity contribution in [3.8, 4) is 5.75 Å². The smallest absolute Gasteiger partial charge is 0.230 e. The molecule has 1 aliphatic heterocycles. The van der Waals surface area contributed by atoms with Gasteiger partial charge in [-0.05, 0) is 55.7 Å². The van der Waals surface area contributed by atoms with Crippen molar-refractivity contribution < 1.29 is 14.3 Å². The lowest BCUT2D eigenvalue weighted by Gasteiger charge is -2.49. The number of rotatable bonds is 7. The van der Waals surface area contributed by atoms with Crippen LogP contribution >= 0.6 is 0 Å². The van der Waals surface area contributed by atoms with Gasteiger partial charge >= 0.3 is 0 Å². The van der Waals surface area contributed by atoms with Crippen molar-refractivity contribution in [3.63, 3.8) is 0 Å². The number of nitrogens with one attached hydrogen (secondary N) is 1. The van der Waals surface area contributed by atoms with Gasteiger partial charge in [0.2, 0.25) is 11.8 Å². The van der Waals surface area contributed by atoms with Crippen LogP contribution in [0, 0.1) is 11.3 Å². The molecule has 0 unspecified atom stereocenters. The van der Waals surface area contributed by atoms with Gasteiger partial charge in [-0.1, -0.05) is 37.8 Å². The summed E-state index contributed by atoms with van der Waals surface area (Å²) in [6.07, 6.45) is 10.7. The maximum absolute atomic E-state index is 13.3. The maximum Gasteiger partial charge on any atom is 0.230 e. The summed E-state index contributed by atoms with van der Waals surface area (Å²) in [5.74, 6) is 1.70. The van der Waals surface area contributed by atoms with Crippen molar-refractivity contribution in [1.29, 1.82) is 0 Å². The van der Waals surface area contributed by atoms with Crippen molar-refractivity contribution in [2.45, 2.75) is 70.3 Å². The molecule has 158 valence electrons. The first kappa shape index (κ1) is 20.2. The summed E-state index contributed by atoms with van der Waals surface area (Å²) in [5.41, 5.74) is 0.578. The van der Waals surface area contributed by atoms with Gasteiger partial charge < -0.3 is 15.0 Å². The Kier molecular flexibility index (Phi) is 6.12. The lowest BCUT2D eigenvalue weighted by Crippen LogP contribution is -2.66. The molecule has 29 heavy (non-hydrogen) atoms. The van der Waals surface area contributed by atoms with Crippen LogP contribution in [0.2, 0.25) is 0 Å². The largest absolute Gasteiger partial charge is 0.497 e. The summed E-state index contributed by atoms with van der Waals surface area (Å²) >= 11 is 0. The molecule has 1 heterocycles. The summed E-state index contributed by atoms with van der Waals surface area (Å²) in [6, 6.07) is 8.25. The van der Waals surface area contributed by atoms with E-state index in [1.165, 1.54) is 38.5 Å². The summed E-state index contributed by atoms with van der Waals surface area (Å²) in [6.45, 7) is 1.07. The molecular weight excluding hydrogens is 364 g/mol. The Bertz CT molecular complexity index is 729. The van der Waals surface area contributed by atoms with Crippen LogP contribution in [0.25, 0.3) is 0 Å². The Labute approximate surface area is 174 Å². The fraction of sp³-hybridized carbons (Fsp3) is 0.667. The van der Waals surface area contributed by atoms with E-state index in [0.717, 1.165) is 24.2 Å². The SMILES string of the molecule is COc1cccc(CC2(C(=O)NC3CCCC3)CN(C(=O)CC3CCCC3)C2)c1. The minimum Gasteiger partial charge on any atom is -0.497 e. The highest BCUT2D eigenvalue weighted by Gasteiger charge is 2.51. The van der Waals surface area contributed by atoms with Gasteiger partial charge in [-0.3, -0.25) is 9.59 Å². The van der Waals surface area contributed by atoms with Crippen LogP contribution in [0.15, 0.2) is 24.3 Å². The molecule has 3 aliphatic rings. The second-order valence-corrected chi connectivity index (χ2v) is 9.37. The average Bonchev–Trinajstić information content (AvgIpc) is 3.38. The number of amides is 2. The first-order valence-corrected chi connectivity index (χ1v) is 11.3. The van der Waals surface area contributed by atoms with E-state index >= 15 is 0 Å². The minimum absolute atomic E-state index is 0.122. The standard InChI is InChI=1S/C24H34N2O3/c1-29-21-12-6-9-19(13-21)15-24(23(28)25-20-10-4-5-11-20)16-26(17-24)22(27)14-18-7-2-3-8-18/h6,9,12-13,18,20H,2-5,7-8,10-11,14-17H2,1H3,(H,25,28). The molecule has 2 aliphatic carbocycles. The lowest BCUT2D eigenvalue weighted by molar-refractivity contribution is -0.154. The van der Waals surface area contributed by atoms with Crippen molar-refractivity contribution in [1.82, 2.24) is 10.2 Å². The van der Waals surface area contributed by atoms with E-state index in [0.29, 0.717) is 37.9 Å². The van der Waals surface area contributed by atoms with E-state index in [1.807, 2.05) is 23.1 Å². The molecule has 1 N–H and O–H groups in total. The number of carbonyl (C=O) groups is 2. The van der Waals surface area contributed by atoms with Crippen LogP contribution in [0.3, 0.4) is 0 Å². The van der Waals surface area contributed by atoms with Crippen molar-refractivity contribution >= 4 is 11.8 Å². The summed E-state index contributed by atoms with van der Waals surface area (Å²) in [7, 11) is 1.66. The Morgan fingerprint density at radius 2 is 1.79 bits per heavy atom. The van der Waals surface area contributed by atoms with Crippen LogP contribution in [0.5, 0.6) is 5.75 Å². The van der Waals surface area contributed by atoms with Crippen LogP contribution in [-0.4, -0.2) is 43.0 Å². The zero-order chi connectivity index (χ0) is 20.3. The monoisotopic (exact) mass is 398 g/mol. The first-order chi connectivity index (χ1) is 14.1. The topological polar surface area (TPSA) is 58.6 Å². The Morgan fingerprint density at radius 3 is 2.48 bits per heavy atom. The number of hydrogen-bond acceptors (Lipinski definition) is 3. The third kappa shape index (κ3) is 4.59. The highest BCUT2D eigenvalue weighted by Crippen LogP contribution is 2.38. The lowest BCUT2D eigenvalue weighted by atomic mass is 9.73. The fourth-order valence-electron chi connectivity index (χ4n) is 5.37. The molecule has 0 radical (unpaired) electrons. The molecule has 5 nitrogen and oxygen atoms in total. The van der Waals surface area contributed by atoms with Crippen molar-refractivity contribution in [2.75, 3.05) is 20.2 Å². The van der Waals surface area contributed by atoms with Crippen LogP contribution < -0.4 is 10.1 Å². The second-order valence-electron chi connectivity index (χ2n) is 9.37. The quantitative estimate of drug-likeness (QED) is 0.762. The first-order valence-electron chi connectivity index (χ1n) is 11.3. The Morgan fingerprint density at radius 1 is 1.10 bits per heavy atom. The molecule has 1 aromatic rings. The molecule has 4 rings (SSSR count). The van der Waals surface area contributed by atoms with E-state index in [-0.39, 0.29) is 11.8 Å². The number of carbonyl (C=O) groups excluding carboxylic acids is 2. The fourth-order valence-corrected chi connectivity index (χ4v) is 5.37. The normalized spacial score (nSPS) is 21.8. The Balaban J connectivity index is 1.44. The molecule has 5 heteroatoms. The van der Waals surface area contributed by atoms with Gasteiger partial charge in [0.25, 0.3) is 0 Å². The van der Waals surface area contributed by atoms with E-state index < -0.39 is 5.41 Å². The predicted molar refractivity (Wildman–Crippen MR) is 113 cm³/mol. The molecule has 0 spiro atoms. The average molecular weight is 399 g/mol. The van der Waals surface area contributed by atoms with Gasteiger partial charge in [0.05, 0.1) is 12.5 Å². The Hall–Kier alpha value is -2.04. The maximum atomic E-state index is 13.3. The molecule has 2 saturated carbocycles. The number of methoxy groups -OCH3 is 1. The number of ether oxygens (including phenoxy) is 1. The molecule has 0 aromatic heterocycles. The number of likely N-dealkylation sites (tertiary alicyclic amines) is 1. The van der Waals surface area contributed by atoms with Gasteiger partial charge in [0.15, 0.2) is 0 Å². The van der Waals surface area contributed by atoms with E-state index in [4.69, 9.17) is 4.74 Å². The van der Waals surface area contributed by atoms with Crippen LogP contribution in [0.4, 0.5) is 0 Å².